The van der Waals surface area contributed by atoms with Crippen molar-refractivity contribution in [1.82, 2.24) is 10.2 Å². The topological polar surface area (TPSA) is 61.8 Å². The summed E-state index contributed by atoms with van der Waals surface area (Å²) in [7, 11) is -1.94. The highest BCUT2D eigenvalue weighted by Gasteiger charge is 2.43. The molecule has 1 saturated heterocycles. The van der Waals surface area contributed by atoms with Crippen LogP contribution < -0.4 is 5.32 Å². The van der Waals surface area contributed by atoms with E-state index in [2.05, 4.69) is 15.2 Å². The first-order valence-corrected chi connectivity index (χ1v) is 10.0. The van der Waals surface area contributed by atoms with E-state index in [1.165, 1.54) is 49.9 Å². The molecule has 0 radical (unpaired) electrons. The predicted molar refractivity (Wildman–Crippen MR) is 108 cm³/mol. The predicted octanol–water partition coefficient (Wildman–Crippen LogP) is 2.67. The Bertz CT molecular complexity index is 735. The van der Waals surface area contributed by atoms with Gasteiger partial charge in [0, 0.05) is 26.7 Å². The highest BCUT2D eigenvalue weighted by atomic mass is 127. The summed E-state index contributed by atoms with van der Waals surface area (Å²) in [4.78, 5) is 6.23. The molecule has 1 aliphatic carbocycles. The van der Waals surface area contributed by atoms with Crippen LogP contribution in [-0.4, -0.2) is 51.7 Å². The van der Waals surface area contributed by atoms with Crippen LogP contribution >= 0.6 is 24.0 Å². The molecule has 2 aliphatic rings. The van der Waals surface area contributed by atoms with Gasteiger partial charge in [-0.05, 0) is 36.8 Å². The second-order valence-electron chi connectivity index (χ2n) is 6.75. The summed E-state index contributed by atoms with van der Waals surface area (Å²) >= 11 is 0. The lowest BCUT2D eigenvalue weighted by molar-refractivity contribution is 0.151. The van der Waals surface area contributed by atoms with Gasteiger partial charge in [0.05, 0.1) is 5.75 Å². The molecule has 1 heterocycles. The second kappa shape index (κ2) is 8.20. The van der Waals surface area contributed by atoms with E-state index in [1.54, 1.807) is 7.05 Å². The molecular formula is C17H25FIN3O2S. The second-order valence-corrected chi connectivity index (χ2v) is 8.83. The van der Waals surface area contributed by atoms with E-state index in [1.807, 2.05) is 0 Å². The van der Waals surface area contributed by atoms with Gasteiger partial charge in [-0.3, -0.25) is 4.99 Å². The number of benzene rings is 1. The minimum atomic E-state index is -3.65. The normalized spacial score (nSPS) is 19.4. The number of hydrogen-bond acceptors (Lipinski definition) is 3. The van der Waals surface area contributed by atoms with E-state index in [0.717, 1.165) is 19.0 Å². The molecule has 8 heteroatoms. The Hall–Kier alpha value is -0.900. The number of nitrogens with zero attached hydrogens (tertiary/aromatic N) is 2. The third-order valence-electron chi connectivity index (χ3n) is 5.19. The van der Waals surface area contributed by atoms with Gasteiger partial charge in [-0.25, -0.2) is 12.8 Å². The summed E-state index contributed by atoms with van der Waals surface area (Å²) in [5.41, 5.74) is 0.455. The van der Waals surface area contributed by atoms with Gasteiger partial charge in [0.2, 0.25) is 0 Å². The zero-order valence-electron chi connectivity index (χ0n) is 14.4. The molecule has 0 atom stereocenters. The standard InChI is InChI=1S/C17H24FN3O2S.HI/c1-19-16(21-11-9-17(13-21)7-4-8-17)20-10-12-24(22,23)15-6-3-2-5-14(15)18;/h2-3,5-6H,4,7-13H2,1H3,(H,19,20);1H. The average molecular weight is 481 g/mol. The van der Waals surface area contributed by atoms with Crippen molar-refractivity contribution in [3.8, 4) is 0 Å². The minimum absolute atomic E-state index is 0. The molecular weight excluding hydrogens is 456 g/mol. The van der Waals surface area contributed by atoms with E-state index in [9.17, 15) is 12.8 Å². The molecule has 5 nitrogen and oxygen atoms in total. The zero-order valence-corrected chi connectivity index (χ0v) is 17.5. The first-order chi connectivity index (χ1) is 11.5. The fraction of sp³-hybridized carbons (Fsp3) is 0.588. The van der Waals surface area contributed by atoms with E-state index in [0.29, 0.717) is 5.41 Å². The summed E-state index contributed by atoms with van der Waals surface area (Å²) in [5, 5.41) is 3.12. The minimum Gasteiger partial charge on any atom is -0.355 e. The molecule has 0 amide bonds. The maximum absolute atomic E-state index is 13.7. The lowest BCUT2D eigenvalue weighted by Crippen LogP contribution is -2.43. The van der Waals surface area contributed by atoms with E-state index < -0.39 is 15.7 Å². The molecule has 0 bridgehead atoms. The van der Waals surface area contributed by atoms with Crippen LogP contribution in [0.25, 0.3) is 0 Å². The molecule has 1 aromatic carbocycles. The summed E-state index contributed by atoms with van der Waals surface area (Å²) < 4.78 is 38.2. The Morgan fingerprint density at radius 3 is 2.60 bits per heavy atom. The van der Waals surface area contributed by atoms with Crippen LogP contribution in [0.15, 0.2) is 34.2 Å². The fourth-order valence-electron chi connectivity index (χ4n) is 3.64. The highest BCUT2D eigenvalue weighted by Crippen LogP contribution is 2.47. The zero-order chi connectivity index (χ0) is 17.2. The van der Waals surface area contributed by atoms with Crippen LogP contribution in [0.5, 0.6) is 0 Å². The van der Waals surface area contributed by atoms with E-state index >= 15 is 0 Å². The summed E-state index contributed by atoms with van der Waals surface area (Å²) in [6.45, 7) is 2.17. The van der Waals surface area contributed by atoms with Crippen molar-refractivity contribution < 1.29 is 12.8 Å². The number of likely N-dealkylation sites (tertiary alicyclic amines) is 1. The first kappa shape index (κ1) is 20.4. The van der Waals surface area contributed by atoms with Crippen molar-refractivity contribution >= 4 is 39.8 Å². The maximum Gasteiger partial charge on any atom is 0.193 e. The third kappa shape index (κ3) is 4.45. The number of sulfone groups is 1. The first-order valence-electron chi connectivity index (χ1n) is 8.39. The number of nitrogens with one attached hydrogen (secondary N) is 1. The lowest BCUT2D eigenvalue weighted by atomic mass is 9.68. The molecule has 3 rings (SSSR count). The highest BCUT2D eigenvalue weighted by molar-refractivity contribution is 14.0. The Morgan fingerprint density at radius 2 is 2.04 bits per heavy atom. The Balaban J connectivity index is 0.00000225. The summed E-state index contributed by atoms with van der Waals surface area (Å²) in [5.74, 6) is -0.123. The quantitative estimate of drug-likeness (QED) is 0.408. The number of hydrogen-bond donors (Lipinski definition) is 1. The van der Waals surface area contributed by atoms with Crippen LogP contribution in [0.4, 0.5) is 4.39 Å². The SMILES string of the molecule is CN=C(NCCS(=O)(=O)c1ccccc1F)N1CCC2(CCC2)C1.I. The van der Waals surface area contributed by atoms with Gasteiger partial charge >= 0.3 is 0 Å². The lowest BCUT2D eigenvalue weighted by Gasteiger charge is -2.38. The van der Waals surface area contributed by atoms with Crippen LogP contribution in [0, 0.1) is 11.2 Å². The van der Waals surface area contributed by atoms with Crippen molar-refractivity contribution in [3.05, 3.63) is 30.1 Å². The molecule has 1 aliphatic heterocycles. The number of guanidine groups is 1. The van der Waals surface area contributed by atoms with Crippen molar-refractivity contribution in [3.63, 3.8) is 0 Å². The van der Waals surface area contributed by atoms with Crippen molar-refractivity contribution in [2.75, 3.05) is 32.4 Å². The summed E-state index contributed by atoms with van der Waals surface area (Å²) in [6.07, 6.45) is 5.05. The molecule has 1 N–H and O–H groups in total. The molecule has 1 spiro atoms. The van der Waals surface area contributed by atoms with Gasteiger partial charge in [-0.15, -0.1) is 24.0 Å². The molecule has 2 fully saturated rings. The Labute approximate surface area is 166 Å². The molecule has 140 valence electrons. The van der Waals surface area contributed by atoms with Crippen molar-refractivity contribution in [2.24, 2.45) is 10.4 Å². The van der Waals surface area contributed by atoms with Gasteiger partial charge in [0.1, 0.15) is 10.7 Å². The fourth-order valence-corrected chi connectivity index (χ4v) is 4.88. The van der Waals surface area contributed by atoms with Gasteiger partial charge in [0.25, 0.3) is 0 Å². The van der Waals surface area contributed by atoms with Crippen LogP contribution in [0.1, 0.15) is 25.7 Å². The van der Waals surface area contributed by atoms with Crippen molar-refractivity contribution in [2.45, 2.75) is 30.6 Å². The molecule has 0 aromatic heterocycles. The third-order valence-corrected chi connectivity index (χ3v) is 6.93. The van der Waals surface area contributed by atoms with Crippen LogP contribution in [0.2, 0.25) is 0 Å². The molecule has 0 unspecified atom stereocenters. The van der Waals surface area contributed by atoms with Crippen LogP contribution in [0.3, 0.4) is 0 Å². The van der Waals surface area contributed by atoms with Gasteiger partial charge in [0.15, 0.2) is 15.8 Å². The van der Waals surface area contributed by atoms with Gasteiger partial charge in [-0.2, -0.15) is 0 Å². The molecule has 25 heavy (non-hydrogen) atoms. The number of aliphatic imine (C=N–C) groups is 1. The van der Waals surface area contributed by atoms with Crippen molar-refractivity contribution in [1.29, 1.82) is 0 Å². The Kier molecular flexibility index (Phi) is 6.69. The largest absolute Gasteiger partial charge is 0.355 e. The number of halogens is 2. The van der Waals surface area contributed by atoms with Gasteiger partial charge in [-0.1, -0.05) is 18.6 Å². The monoisotopic (exact) mass is 481 g/mol. The average Bonchev–Trinajstić information content (AvgIpc) is 2.97. The summed E-state index contributed by atoms with van der Waals surface area (Å²) in [6, 6.07) is 5.49. The smallest absolute Gasteiger partial charge is 0.193 e. The number of rotatable bonds is 4. The molecule has 1 saturated carbocycles. The van der Waals surface area contributed by atoms with Crippen LogP contribution in [-0.2, 0) is 9.84 Å². The van der Waals surface area contributed by atoms with Gasteiger partial charge < -0.3 is 10.2 Å². The van der Waals surface area contributed by atoms with E-state index in [-0.39, 0.29) is 41.2 Å². The molecule has 1 aromatic rings. The van der Waals surface area contributed by atoms with E-state index in [4.69, 9.17) is 0 Å². The Morgan fingerprint density at radius 1 is 1.32 bits per heavy atom. The maximum atomic E-state index is 13.7.